The molecule has 0 heterocycles. The number of halogens is 3. The van der Waals surface area contributed by atoms with Gasteiger partial charge in [-0.25, -0.2) is 0 Å². The van der Waals surface area contributed by atoms with Crippen LogP contribution in [0.25, 0.3) is 6.08 Å². The van der Waals surface area contributed by atoms with Gasteiger partial charge >= 0.3 is 6.18 Å². The van der Waals surface area contributed by atoms with Gasteiger partial charge in [-0.15, -0.1) is 0 Å². The molecule has 0 atom stereocenters. The molecule has 0 unspecified atom stereocenters. The standard InChI is InChI=1S/C17H14F3NO2/c1-23-15-9-2-12(3-10-15)4-11-16(22)21-14-7-5-13(6-8-14)17(18,19)20/h2-11H,1H3,(H,21,22). The molecule has 0 aliphatic carbocycles. The van der Waals surface area contributed by atoms with Crippen molar-refractivity contribution in [2.75, 3.05) is 12.4 Å². The molecular weight excluding hydrogens is 307 g/mol. The van der Waals surface area contributed by atoms with E-state index in [0.29, 0.717) is 11.4 Å². The number of carbonyl (C=O) groups excluding carboxylic acids is 1. The molecule has 1 N–H and O–H groups in total. The Bertz CT molecular complexity index is 689. The lowest BCUT2D eigenvalue weighted by Crippen LogP contribution is -2.09. The summed E-state index contributed by atoms with van der Waals surface area (Å²) in [5.74, 6) is 0.275. The molecule has 0 saturated heterocycles. The molecule has 0 bridgehead atoms. The second kappa shape index (κ2) is 7.00. The van der Waals surface area contributed by atoms with E-state index in [2.05, 4.69) is 5.32 Å². The van der Waals surface area contributed by atoms with Gasteiger partial charge in [0.1, 0.15) is 5.75 Å². The van der Waals surface area contributed by atoms with Gasteiger partial charge < -0.3 is 10.1 Å². The zero-order valence-electron chi connectivity index (χ0n) is 12.2. The molecule has 0 aromatic heterocycles. The first-order chi connectivity index (χ1) is 10.9. The van der Waals surface area contributed by atoms with Crippen molar-refractivity contribution in [3.05, 3.63) is 65.7 Å². The van der Waals surface area contributed by atoms with Gasteiger partial charge in [0, 0.05) is 11.8 Å². The number of carbonyl (C=O) groups is 1. The van der Waals surface area contributed by atoms with Gasteiger partial charge in [0.05, 0.1) is 12.7 Å². The van der Waals surface area contributed by atoms with Crippen molar-refractivity contribution >= 4 is 17.7 Å². The minimum atomic E-state index is -4.39. The van der Waals surface area contributed by atoms with Crippen molar-refractivity contribution in [2.24, 2.45) is 0 Å². The highest BCUT2D eigenvalue weighted by Crippen LogP contribution is 2.29. The second-order valence-corrected chi connectivity index (χ2v) is 4.67. The number of hydrogen-bond donors (Lipinski definition) is 1. The average Bonchev–Trinajstić information content (AvgIpc) is 2.53. The number of ether oxygens (including phenoxy) is 1. The van der Waals surface area contributed by atoms with E-state index >= 15 is 0 Å². The molecule has 0 aliphatic heterocycles. The molecule has 23 heavy (non-hydrogen) atoms. The molecule has 0 fully saturated rings. The summed E-state index contributed by atoms with van der Waals surface area (Å²) in [7, 11) is 1.56. The third kappa shape index (κ3) is 4.88. The topological polar surface area (TPSA) is 38.3 Å². The van der Waals surface area contributed by atoms with Crippen LogP contribution < -0.4 is 10.1 Å². The molecule has 0 aliphatic rings. The van der Waals surface area contributed by atoms with Gasteiger partial charge in [0.2, 0.25) is 5.91 Å². The van der Waals surface area contributed by atoms with Crippen LogP contribution in [-0.4, -0.2) is 13.0 Å². The molecule has 2 rings (SSSR count). The maximum Gasteiger partial charge on any atom is 0.416 e. The van der Waals surface area contributed by atoms with Gasteiger partial charge in [-0.05, 0) is 48.0 Å². The van der Waals surface area contributed by atoms with Crippen LogP contribution in [0.5, 0.6) is 5.75 Å². The van der Waals surface area contributed by atoms with Gasteiger partial charge in [-0.2, -0.15) is 13.2 Å². The zero-order chi connectivity index (χ0) is 16.9. The van der Waals surface area contributed by atoms with E-state index in [4.69, 9.17) is 4.74 Å². The maximum atomic E-state index is 12.4. The van der Waals surface area contributed by atoms with Crippen molar-refractivity contribution in [1.29, 1.82) is 0 Å². The van der Waals surface area contributed by atoms with Crippen LogP contribution >= 0.6 is 0 Å². The summed E-state index contributed by atoms with van der Waals surface area (Å²) in [5.41, 5.74) is 0.333. The van der Waals surface area contributed by atoms with Gasteiger partial charge in [-0.1, -0.05) is 12.1 Å². The summed E-state index contributed by atoms with van der Waals surface area (Å²) in [6.45, 7) is 0. The minimum Gasteiger partial charge on any atom is -0.497 e. The molecule has 2 aromatic carbocycles. The van der Waals surface area contributed by atoms with E-state index in [1.807, 2.05) is 0 Å². The van der Waals surface area contributed by atoms with Crippen LogP contribution in [0.1, 0.15) is 11.1 Å². The summed E-state index contributed by atoms with van der Waals surface area (Å²) in [6, 6.07) is 11.3. The summed E-state index contributed by atoms with van der Waals surface area (Å²) in [5, 5.41) is 2.50. The third-order valence-corrected chi connectivity index (χ3v) is 3.02. The van der Waals surface area contributed by atoms with Crippen molar-refractivity contribution in [3.63, 3.8) is 0 Å². The number of alkyl halides is 3. The number of anilines is 1. The lowest BCUT2D eigenvalue weighted by molar-refractivity contribution is -0.137. The van der Waals surface area contributed by atoms with Crippen molar-refractivity contribution < 1.29 is 22.7 Å². The van der Waals surface area contributed by atoms with Crippen molar-refractivity contribution in [1.82, 2.24) is 0 Å². The number of benzene rings is 2. The van der Waals surface area contributed by atoms with Gasteiger partial charge in [0.15, 0.2) is 0 Å². The fourth-order valence-electron chi connectivity index (χ4n) is 1.81. The van der Waals surface area contributed by atoms with E-state index in [0.717, 1.165) is 17.7 Å². The Morgan fingerprint density at radius 3 is 2.17 bits per heavy atom. The fourth-order valence-corrected chi connectivity index (χ4v) is 1.81. The van der Waals surface area contributed by atoms with Crippen LogP contribution in [0.4, 0.5) is 18.9 Å². The highest BCUT2D eigenvalue weighted by Gasteiger charge is 2.29. The molecule has 2 aromatic rings. The van der Waals surface area contributed by atoms with Gasteiger partial charge in [-0.3, -0.25) is 4.79 Å². The number of rotatable bonds is 4. The predicted octanol–water partition coefficient (Wildman–Crippen LogP) is 4.37. The first kappa shape index (κ1) is 16.6. The Morgan fingerprint density at radius 1 is 1.04 bits per heavy atom. The summed E-state index contributed by atoms with van der Waals surface area (Å²) in [6.07, 6.45) is -1.49. The average molecular weight is 321 g/mol. The fraction of sp³-hybridized carbons (Fsp3) is 0.118. The molecule has 1 amide bonds. The Morgan fingerprint density at radius 2 is 1.65 bits per heavy atom. The Balaban J connectivity index is 1.97. The van der Waals surface area contributed by atoms with Crippen molar-refractivity contribution in [3.8, 4) is 5.75 Å². The predicted molar refractivity (Wildman–Crippen MR) is 82.1 cm³/mol. The number of hydrogen-bond acceptors (Lipinski definition) is 2. The minimum absolute atomic E-state index is 0.294. The summed E-state index contributed by atoms with van der Waals surface area (Å²) in [4.78, 5) is 11.7. The largest absolute Gasteiger partial charge is 0.497 e. The molecule has 0 radical (unpaired) electrons. The van der Waals surface area contributed by atoms with E-state index in [1.165, 1.54) is 18.2 Å². The van der Waals surface area contributed by atoms with Crippen LogP contribution in [-0.2, 0) is 11.0 Å². The van der Waals surface area contributed by atoms with E-state index in [9.17, 15) is 18.0 Å². The van der Waals surface area contributed by atoms with E-state index < -0.39 is 17.6 Å². The van der Waals surface area contributed by atoms with Crippen LogP contribution in [0, 0.1) is 0 Å². The quantitative estimate of drug-likeness (QED) is 0.850. The zero-order valence-corrected chi connectivity index (χ0v) is 12.2. The highest BCUT2D eigenvalue weighted by atomic mass is 19.4. The Labute approximate surface area is 131 Å². The summed E-state index contributed by atoms with van der Waals surface area (Å²) < 4.78 is 42.3. The Hall–Kier alpha value is -2.76. The normalized spacial score (nSPS) is 11.5. The molecule has 6 heteroatoms. The molecular formula is C17H14F3NO2. The SMILES string of the molecule is COc1ccc(C=CC(=O)Nc2ccc(C(F)(F)F)cc2)cc1. The smallest absolute Gasteiger partial charge is 0.416 e. The summed E-state index contributed by atoms with van der Waals surface area (Å²) >= 11 is 0. The lowest BCUT2D eigenvalue weighted by Gasteiger charge is -2.07. The van der Waals surface area contributed by atoms with E-state index in [1.54, 1.807) is 37.5 Å². The highest BCUT2D eigenvalue weighted by molar-refractivity contribution is 6.01. The van der Waals surface area contributed by atoms with Crippen LogP contribution in [0.2, 0.25) is 0 Å². The molecule has 0 spiro atoms. The molecule has 0 saturated carbocycles. The van der Waals surface area contributed by atoms with Crippen LogP contribution in [0.3, 0.4) is 0 Å². The first-order valence-corrected chi connectivity index (χ1v) is 6.69. The number of methoxy groups -OCH3 is 1. The third-order valence-electron chi connectivity index (χ3n) is 3.02. The lowest BCUT2D eigenvalue weighted by atomic mass is 10.2. The van der Waals surface area contributed by atoms with E-state index in [-0.39, 0.29) is 0 Å². The second-order valence-electron chi connectivity index (χ2n) is 4.67. The Kier molecular flexibility index (Phi) is 5.05. The molecule has 3 nitrogen and oxygen atoms in total. The number of nitrogens with one attached hydrogen (secondary N) is 1. The first-order valence-electron chi connectivity index (χ1n) is 6.69. The van der Waals surface area contributed by atoms with Crippen molar-refractivity contribution in [2.45, 2.75) is 6.18 Å². The van der Waals surface area contributed by atoms with Gasteiger partial charge in [0.25, 0.3) is 0 Å². The van der Waals surface area contributed by atoms with Crippen LogP contribution in [0.15, 0.2) is 54.6 Å². The number of amides is 1. The monoisotopic (exact) mass is 321 g/mol. The molecule has 120 valence electrons. The maximum absolute atomic E-state index is 12.4.